The van der Waals surface area contributed by atoms with Gasteiger partial charge in [-0.25, -0.2) is 4.39 Å². The molecule has 0 bridgehead atoms. The van der Waals surface area contributed by atoms with Gasteiger partial charge < -0.3 is 4.74 Å². The van der Waals surface area contributed by atoms with Gasteiger partial charge in [0.05, 0.1) is 16.0 Å². The molecule has 0 aliphatic carbocycles. The lowest BCUT2D eigenvalue weighted by Crippen LogP contribution is -2.45. The van der Waals surface area contributed by atoms with Crippen molar-refractivity contribution in [2.75, 3.05) is 0 Å². The van der Waals surface area contributed by atoms with E-state index in [9.17, 15) is 35.5 Å². The number of alkyl halides is 6. The highest BCUT2D eigenvalue weighted by atomic mass is 32.1. The standard InChI is InChI=1S/C24H14F7NO2S2/c1-2-18-22(19-4-3-9-36-19,14-5-7-17(25)8-6-14)34-21(35)32(18)20(33)13-10-15(23(26,27)28)12-16(11-13)24(29,30)31/h2-12,18H,1H2. The monoisotopic (exact) mass is 545 g/mol. The first-order chi connectivity index (χ1) is 16.8. The minimum atomic E-state index is -5.15. The van der Waals surface area contributed by atoms with Crippen LogP contribution in [0.25, 0.3) is 0 Å². The summed E-state index contributed by atoms with van der Waals surface area (Å²) in [7, 11) is 0. The summed E-state index contributed by atoms with van der Waals surface area (Å²) in [6.07, 6.45) is -9.05. The highest BCUT2D eigenvalue weighted by Gasteiger charge is 2.56. The molecule has 12 heteroatoms. The molecular weight excluding hydrogens is 531 g/mol. The third-order valence-electron chi connectivity index (χ3n) is 5.58. The van der Waals surface area contributed by atoms with Crippen LogP contribution in [0.2, 0.25) is 0 Å². The summed E-state index contributed by atoms with van der Waals surface area (Å²) >= 11 is 6.44. The van der Waals surface area contributed by atoms with Gasteiger partial charge in [0, 0.05) is 11.1 Å². The Morgan fingerprint density at radius 1 is 1.03 bits per heavy atom. The van der Waals surface area contributed by atoms with E-state index in [-0.39, 0.29) is 6.07 Å². The summed E-state index contributed by atoms with van der Waals surface area (Å²) in [6, 6.07) is 7.75. The number of ether oxygens (including phenoxy) is 1. The maximum Gasteiger partial charge on any atom is 0.416 e. The molecular formula is C24H14F7NO2S2. The van der Waals surface area contributed by atoms with E-state index in [0.717, 1.165) is 17.0 Å². The number of hydrogen-bond acceptors (Lipinski definition) is 4. The number of nitrogens with zero attached hydrogens (tertiary/aromatic N) is 1. The SMILES string of the molecule is C=CC1N(C(=O)c2cc(C(F)(F)F)cc(C(F)(F)F)c2)C(=S)OC1(c1ccc(F)cc1)c1cccs1. The summed E-state index contributed by atoms with van der Waals surface area (Å²) in [5.41, 5.74) is -5.41. The Bertz CT molecular complexity index is 1290. The predicted octanol–water partition coefficient (Wildman–Crippen LogP) is 7.18. The molecule has 1 aromatic heterocycles. The first kappa shape index (κ1) is 25.8. The first-order valence-corrected chi connectivity index (χ1v) is 11.4. The molecule has 1 amide bonds. The summed E-state index contributed by atoms with van der Waals surface area (Å²) in [4.78, 5) is 14.7. The van der Waals surface area contributed by atoms with E-state index < -0.39 is 57.6 Å². The number of rotatable bonds is 4. The van der Waals surface area contributed by atoms with Crippen LogP contribution in [0, 0.1) is 5.82 Å². The molecule has 0 saturated carbocycles. The Morgan fingerprint density at radius 3 is 2.08 bits per heavy atom. The molecule has 1 saturated heterocycles. The molecule has 3 nitrogen and oxygen atoms in total. The highest BCUT2D eigenvalue weighted by molar-refractivity contribution is 7.80. The number of carbonyl (C=O) groups is 1. The van der Waals surface area contributed by atoms with E-state index in [1.165, 1.54) is 29.5 Å². The molecule has 188 valence electrons. The van der Waals surface area contributed by atoms with Gasteiger partial charge >= 0.3 is 12.4 Å². The highest BCUT2D eigenvalue weighted by Crippen LogP contribution is 2.47. The fourth-order valence-electron chi connectivity index (χ4n) is 4.00. The minimum Gasteiger partial charge on any atom is -0.451 e. The Labute approximate surface area is 209 Å². The molecule has 0 N–H and O–H groups in total. The Hall–Kier alpha value is -3.25. The number of carbonyl (C=O) groups excluding carboxylic acids is 1. The fraction of sp³-hybridized carbons (Fsp3) is 0.167. The average Bonchev–Trinajstić information content (AvgIpc) is 3.44. The molecule has 2 atom stereocenters. The average molecular weight is 546 g/mol. The normalized spacial score (nSPS) is 20.4. The second-order valence-electron chi connectivity index (χ2n) is 7.74. The summed E-state index contributed by atoms with van der Waals surface area (Å²) < 4.78 is 99.9. The van der Waals surface area contributed by atoms with E-state index in [0.29, 0.717) is 22.6 Å². The Kier molecular flexibility index (Phi) is 6.46. The number of thiocarbonyl (C=S) groups is 1. The lowest BCUT2D eigenvalue weighted by atomic mass is 9.84. The number of amides is 1. The van der Waals surface area contributed by atoms with E-state index in [2.05, 4.69) is 6.58 Å². The number of hydrogen-bond donors (Lipinski definition) is 0. The molecule has 36 heavy (non-hydrogen) atoms. The molecule has 0 radical (unpaired) electrons. The molecule has 3 aromatic rings. The maximum atomic E-state index is 13.7. The number of benzene rings is 2. The lowest BCUT2D eigenvalue weighted by molar-refractivity contribution is -0.143. The zero-order valence-electron chi connectivity index (χ0n) is 17.9. The van der Waals surface area contributed by atoms with Crippen LogP contribution in [0.1, 0.15) is 31.9 Å². The molecule has 0 spiro atoms. The van der Waals surface area contributed by atoms with E-state index >= 15 is 0 Å². The summed E-state index contributed by atoms with van der Waals surface area (Å²) in [5.74, 6) is -1.81. The minimum absolute atomic E-state index is 0.0744. The van der Waals surface area contributed by atoms with Gasteiger partial charge in [-0.1, -0.05) is 24.3 Å². The van der Waals surface area contributed by atoms with Gasteiger partial charge in [-0.2, -0.15) is 26.3 Å². The lowest BCUT2D eigenvalue weighted by Gasteiger charge is -2.32. The van der Waals surface area contributed by atoms with Crippen LogP contribution in [0.5, 0.6) is 0 Å². The van der Waals surface area contributed by atoms with Crippen LogP contribution in [-0.2, 0) is 22.7 Å². The summed E-state index contributed by atoms with van der Waals surface area (Å²) in [6.45, 7) is 3.70. The van der Waals surface area contributed by atoms with Crippen LogP contribution in [0.4, 0.5) is 30.7 Å². The van der Waals surface area contributed by atoms with Crippen LogP contribution in [0.3, 0.4) is 0 Å². The fourth-order valence-corrected chi connectivity index (χ4v) is 5.24. The van der Waals surface area contributed by atoms with Crippen molar-refractivity contribution in [1.82, 2.24) is 4.90 Å². The van der Waals surface area contributed by atoms with Crippen LogP contribution >= 0.6 is 23.6 Å². The number of thiophene rings is 1. The molecule has 2 heterocycles. The van der Waals surface area contributed by atoms with Crippen molar-refractivity contribution in [2.24, 2.45) is 0 Å². The van der Waals surface area contributed by atoms with Crippen molar-refractivity contribution in [3.8, 4) is 0 Å². The van der Waals surface area contributed by atoms with Crippen LogP contribution in [0.15, 0.2) is 72.6 Å². The van der Waals surface area contributed by atoms with E-state index in [1.54, 1.807) is 17.5 Å². The van der Waals surface area contributed by atoms with Gasteiger partial charge in [0.1, 0.15) is 11.9 Å². The van der Waals surface area contributed by atoms with Gasteiger partial charge in [-0.3, -0.25) is 9.69 Å². The topological polar surface area (TPSA) is 29.5 Å². The van der Waals surface area contributed by atoms with Gasteiger partial charge in [-0.15, -0.1) is 17.9 Å². The smallest absolute Gasteiger partial charge is 0.416 e. The summed E-state index contributed by atoms with van der Waals surface area (Å²) in [5, 5.41) is 1.20. The van der Waals surface area contributed by atoms with Crippen molar-refractivity contribution in [1.29, 1.82) is 0 Å². The molecule has 1 fully saturated rings. The van der Waals surface area contributed by atoms with Crippen LogP contribution < -0.4 is 0 Å². The van der Waals surface area contributed by atoms with Crippen molar-refractivity contribution in [2.45, 2.75) is 24.0 Å². The van der Waals surface area contributed by atoms with E-state index in [4.69, 9.17) is 17.0 Å². The molecule has 1 aliphatic rings. The van der Waals surface area contributed by atoms with Crippen LogP contribution in [-0.4, -0.2) is 22.0 Å². The second kappa shape index (κ2) is 9.00. The molecule has 2 unspecified atom stereocenters. The molecule has 2 aromatic carbocycles. The maximum absolute atomic E-state index is 13.7. The molecule has 4 rings (SSSR count). The van der Waals surface area contributed by atoms with Crippen molar-refractivity contribution in [3.63, 3.8) is 0 Å². The Morgan fingerprint density at radius 2 is 1.61 bits per heavy atom. The largest absolute Gasteiger partial charge is 0.451 e. The first-order valence-electron chi connectivity index (χ1n) is 10.1. The van der Waals surface area contributed by atoms with Gasteiger partial charge in [-0.05, 0) is 54.0 Å². The zero-order chi connectivity index (χ0) is 26.5. The predicted molar refractivity (Wildman–Crippen MR) is 122 cm³/mol. The molecule has 1 aliphatic heterocycles. The van der Waals surface area contributed by atoms with Gasteiger partial charge in [0.2, 0.25) is 0 Å². The van der Waals surface area contributed by atoms with Crippen molar-refractivity contribution in [3.05, 3.63) is 106 Å². The quantitative estimate of drug-likeness (QED) is 0.198. The zero-order valence-corrected chi connectivity index (χ0v) is 19.5. The van der Waals surface area contributed by atoms with E-state index in [1.807, 2.05) is 0 Å². The third-order valence-corrected chi connectivity index (χ3v) is 6.84. The van der Waals surface area contributed by atoms with Gasteiger partial charge in [0.15, 0.2) is 5.60 Å². The van der Waals surface area contributed by atoms with Crippen molar-refractivity contribution < 1.29 is 40.3 Å². The van der Waals surface area contributed by atoms with Crippen molar-refractivity contribution >= 4 is 34.6 Å². The third kappa shape index (κ3) is 4.39. The number of halogens is 7. The second-order valence-corrected chi connectivity index (χ2v) is 9.04. The van der Waals surface area contributed by atoms with Gasteiger partial charge in [0.25, 0.3) is 11.1 Å². The Balaban J connectivity index is 1.88.